The fraction of sp³-hybridized carbons (Fsp3) is 0. The summed E-state index contributed by atoms with van der Waals surface area (Å²) in [4.78, 5) is 11.1. The van der Waals surface area contributed by atoms with Crippen molar-refractivity contribution in [3.05, 3.63) is 41.2 Å². The van der Waals surface area contributed by atoms with Crippen LogP contribution in [0.1, 0.15) is 5.69 Å². The lowest BCUT2D eigenvalue weighted by molar-refractivity contribution is 0.431. The smallest absolute Gasteiger partial charge is 0.274 e. The van der Waals surface area contributed by atoms with E-state index in [1.54, 1.807) is 30.5 Å². The van der Waals surface area contributed by atoms with Crippen LogP contribution >= 0.6 is 11.6 Å². The van der Waals surface area contributed by atoms with E-state index >= 15 is 0 Å². The molecule has 6 nitrogen and oxygen atoms in total. The number of hydrogen-bond acceptors (Lipinski definition) is 5. The number of aromatic amines is 1. The average Bonchev–Trinajstić information content (AvgIpc) is 3.08. The van der Waals surface area contributed by atoms with Gasteiger partial charge in [-0.2, -0.15) is 10.2 Å². The fourth-order valence-electron chi connectivity index (χ4n) is 1.56. The molecule has 3 rings (SSSR count). The van der Waals surface area contributed by atoms with Gasteiger partial charge in [-0.1, -0.05) is 16.8 Å². The molecule has 0 unspecified atom stereocenters. The lowest BCUT2D eigenvalue weighted by atomic mass is 10.3. The normalized spacial score (nSPS) is 10.3. The number of H-pyrrole nitrogens is 1. The molecule has 0 aliphatic rings. The van der Waals surface area contributed by atoms with E-state index in [1.165, 1.54) is 0 Å². The van der Waals surface area contributed by atoms with Crippen molar-refractivity contribution in [3.63, 3.8) is 0 Å². The van der Waals surface area contributed by atoms with Crippen LogP contribution in [0.25, 0.3) is 23.1 Å². The molecule has 7 heteroatoms. The van der Waals surface area contributed by atoms with Crippen molar-refractivity contribution in [3.8, 4) is 29.2 Å². The van der Waals surface area contributed by atoms with Crippen LogP contribution in [-0.4, -0.2) is 20.1 Å². The zero-order valence-electron chi connectivity index (χ0n) is 9.46. The summed E-state index contributed by atoms with van der Waals surface area (Å²) in [7, 11) is 0. The molecule has 3 heterocycles. The molecule has 19 heavy (non-hydrogen) atoms. The monoisotopic (exact) mass is 271 g/mol. The number of aromatic nitrogens is 4. The van der Waals surface area contributed by atoms with E-state index in [1.807, 2.05) is 6.07 Å². The largest absolute Gasteiger partial charge is 0.342 e. The molecule has 0 radical (unpaired) electrons. The number of rotatable bonds is 2. The van der Waals surface area contributed by atoms with Crippen LogP contribution in [-0.2, 0) is 0 Å². The fourth-order valence-corrected chi connectivity index (χ4v) is 1.77. The molecule has 3 aromatic heterocycles. The summed E-state index contributed by atoms with van der Waals surface area (Å²) in [6.07, 6.45) is 1.60. The lowest BCUT2D eigenvalue weighted by Crippen LogP contribution is -1.86. The number of nitrogens with zero attached hydrogens (tertiary/aromatic N) is 4. The van der Waals surface area contributed by atoms with Crippen LogP contribution in [0, 0.1) is 11.3 Å². The Morgan fingerprint density at radius 2 is 2.21 bits per heavy atom. The second kappa shape index (κ2) is 4.55. The Labute approximate surface area is 112 Å². The summed E-state index contributed by atoms with van der Waals surface area (Å²) >= 11 is 6.01. The molecule has 0 aromatic carbocycles. The van der Waals surface area contributed by atoms with Crippen LogP contribution in [0.15, 0.2) is 35.0 Å². The Balaban J connectivity index is 2.00. The number of pyridine rings is 1. The van der Waals surface area contributed by atoms with Crippen molar-refractivity contribution in [1.82, 2.24) is 20.1 Å². The summed E-state index contributed by atoms with van der Waals surface area (Å²) < 4.78 is 5.12. The minimum atomic E-state index is 0.276. The lowest BCUT2D eigenvalue weighted by Gasteiger charge is -1.94. The van der Waals surface area contributed by atoms with Crippen LogP contribution < -0.4 is 0 Å². The van der Waals surface area contributed by atoms with Gasteiger partial charge in [-0.05, 0) is 24.3 Å². The minimum Gasteiger partial charge on any atom is -0.342 e. The zero-order chi connectivity index (χ0) is 13.2. The van der Waals surface area contributed by atoms with Crippen LogP contribution in [0.5, 0.6) is 0 Å². The van der Waals surface area contributed by atoms with E-state index in [2.05, 4.69) is 20.1 Å². The van der Waals surface area contributed by atoms with Crippen molar-refractivity contribution >= 4 is 11.6 Å². The van der Waals surface area contributed by atoms with E-state index < -0.39 is 0 Å². The minimum absolute atomic E-state index is 0.276. The third-order valence-corrected chi connectivity index (χ3v) is 2.74. The molecular formula is C12H6ClN5O. The molecule has 0 fully saturated rings. The first-order chi connectivity index (χ1) is 9.28. The topological polar surface area (TPSA) is 91.4 Å². The number of nitriles is 1. The molecule has 0 aliphatic heterocycles. The van der Waals surface area contributed by atoms with E-state index in [9.17, 15) is 0 Å². The van der Waals surface area contributed by atoms with Gasteiger partial charge in [0.2, 0.25) is 5.82 Å². The highest BCUT2D eigenvalue weighted by Gasteiger charge is 2.15. The number of hydrogen-bond donors (Lipinski definition) is 1. The Morgan fingerprint density at radius 1 is 1.32 bits per heavy atom. The third kappa shape index (κ3) is 2.07. The van der Waals surface area contributed by atoms with Gasteiger partial charge < -0.3 is 9.51 Å². The zero-order valence-corrected chi connectivity index (χ0v) is 10.2. The van der Waals surface area contributed by atoms with Gasteiger partial charge in [-0.25, -0.2) is 0 Å². The maximum atomic E-state index is 8.74. The summed E-state index contributed by atoms with van der Waals surface area (Å²) in [6.45, 7) is 0. The molecule has 0 atom stereocenters. The Hall–Kier alpha value is -2.65. The van der Waals surface area contributed by atoms with Crippen molar-refractivity contribution in [1.29, 1.82) is 5.26 Å². The van der Waals surface area contributed by atoms with Crippen LogP contribution in [0.4, 0.5) is 0 Å². The summed E-state index contributed by atoms with van der Waals surface area (Å²) in [5, 5.41) is 13.0. The highest BCUT2D eigenvalue weighted by atomic mass is 35.5. The first-order valence-corrected chi connectivity index (χ1v) is 5.70. The highest BCUT2D eigenvalue weighted by molar-refractivity contribution is 6.32. The van der Waals surface area contributed by atoms with Gasteiger partial charge in [0.05, 0.1) is 5.02 Å². The Kier molecular flexibility index (Phi) is 2.74. The van der Waals surface area contributed by atoms with E-state index in [4.69, 9.17) is 21.4 Å². The molecule has 0 amide bonds. The molecule has 0 spiro atoms. The SMILES string of the molecule is N#Cc1ccc(-c2nc(-c3ncccc3Cl)no2)[nH]1. The van der Waals surface area contributed by atoms with Gasteiger partial charge in [0, 0.05) is 6.20 Å². The molecule has 0 saturated heterocycles. The van der Waals surface area contributed by atoms with Crippen LogP contribution in [0.2, 0.25) is 5.02 Å². The molecule has 1 N–H and O–H groups in total. The first-order valence-electron chi connectivity index (χ1n) is 5.32. The average molecular weight is 272 g/mol. The van der Waals surface area contributed by atoms with Gasteiger partial charge in [0.15, 0.2) is 0 Å². The molecule has 0 bridgehead atoms. The van der Waals surface area contributed by atoms with Gasteiger partial charge in [-0.3, -0.25) is 4.98 Å². The van der Waals surface area contributed by atoms with E-state index in [-0.39, 0.29) is 5.89 Å². The Bertz CT molecular complexity index is 770. The third-order valence-electron chi connectivity index (χ3n) is 2.43. The van der Waals surface area contributed by atoms with Gasteiger partial charge >= 0.3 is 0 Å². The van der Waals surface area contributed by atoms with Crippen molar-refractivity contribution in [2.75, 3.05) is 0 Å². The van der Waals surface area contributed by atoms with Crippen molar-refractivity contribution in [2.45, 2.75) is 0 Å². The standard InChI is InChI=1S/C12H6ClN5O/c13-8-2-1-5-15-10(8)11-17-12(19-18-11)9-4-3-7(6-14)16-9/h1-5,16H. The quantitative estimate of drug-likeness (QED) is 0.773. The second-order valence-electron chi connectivity index (χ2n) is 3.65. The molecular weight excluding hydrogens is 266 g/mol. The number of nitrogens with one attached hydrogen (secondary N) is 1. The van der Waals surface area contributed by atoms with Crippen LogP contribution in [0.3, 0.4) is 0 Å². The summed E-state index contributed by atoms with van der Waals surface area (Å²) in [5.41, 5.74) is 1.44. The van der Waals surface area contributed by atoms with E-state index in [0.717, 1.165) is 0 Å². The first kappa shape index (κ1) is 11.4. The summed E-state index contributed by atoms with van der Waals surface area (Å²) in [5.74, 6) is 0.576. The predicted molar refractivity (Wildman–Crippen MR) is 67.0 cm³/mol. The molecule has 0 aliphatic carbocycles. The van der Waals surface area contributed by atoms with Gasteiger partial charge in [-0.15, -0.1) is 0 Å². The van der Waals surface area contributed by atoms with Crippen molar-refractivity contribution in [2.24, 2.45) is 0 Å². The summed E-state index contributed by atoms with van der Waals surface area (Å²) in [6, 6.07) is 8.72. The molecule has 3 aromatic rings. The molecule has 92 valence electrons. The van der Waals surface area contributed by atoms with Gasteiger partial charge in [0.1, 0.15) is 23.2 Å². The predicted octanol–water partition coefficient (Wildman–Crippen LogP) is 2.65. The highest BCUT2D eigenvalue weighted by Crippen LogP contribution is 2.25. The van der Waals surface area contributed by atoms with Crippen molar-refractivity contribution < 1.29 is 4.52 Å². The molecule has 0 saturated carbocycles. The second-order valence-corrected chi connectivity index (χ2v) is 4.06. The maximum absolute atomic E-state index is 8.74. The number of halogens is 1. The Morgan fingerprint density at radius 3 is 2.95 bits per heavy atom. The van der Waals surface area contributed by atoms with Gasteiger partial charge in [0.25, 0.3) is 5.89 Å². The maximum Gasteiger partial charge on any atom is 0.274 e. The van der Waals surface area contributed by atoms with E-state index in [0.29, 0.717) is 27.9 Å².